The number of hydrogen-bond acceptors (Lipinski definition) is 3. The minimum atomic E-state index is -0.755. The first-order chi connectivity index (χ1) is 6.60. The van der Waals surface area contributed by atoms with E-state index >= 15 is 0 Å². The topological polar surface area (TPSA) is 42.3 Å². The highest BCUT2D eigenvalue weighted by Crippen LogP contribution is 2.21. The SMILES string of the molecule is COC(=N)c1cc(F)c(OC)cc1F. The monoisotopic (exact) mass is 201 g/mol. The minimum Gasteiger partial charge on any atom is -0.494 e. The molecule has 0 atom stereocenters. The molecule has 0 aliphatic heterocycles. The maximum absolute atomic E-state index is 13.2. The molecule has 76 valence electrons. The number of nitrogens with one attached hydrogen (secondary N) is 1. The molecule has 0 aromatic heterocycles. The molecule has 0 amide bonds. The van der Waals surface area contributed by atoms with Crippen molar-refractivity contribution in [1.29, 1.82) is 5.41 Å². The molecule has 0 bridgehead atoms. The van der Waals surface area contributed by atoms with E-state index in [0.29, 0.717) is 0 Å². The van der Waals surface area contributed by atoms with Crippen molar-refractivity contribution in [3.05, 3.63) is 29.3 Å². The standard InChI is InChI=1S/C9H9F2NO2/c1-13-8-4-6(10)5(3-7(8)11)9(12)14-2/h3-4,12H,1-2H3. The second-order valence-electron chi connectivity index (χ2n) is 2.50. The molecule has 1 aromatic rings. The third-order valence-corrected chi connectivity index (χ3v) is 1.69. The van der Waals surface area contributed by atoms with E-state index in [9.17, 15) is 8.78 Å². The Hall–Kier alpha value is -1.65. The maximum Gasteiger partial charge on any atom is 0.216 e. The molecule has 1 aromatic carbocycles. The van der Waals surface area contributed by atoms with Crippen LogP contribution in [0.2, 0.25) is 0 Å². The summed E-state index contributed by atoms with van der Waals surface area (Å²) in [6, 6.07) is 1.73. The summed E-state index contributed by atoms with van der Waals surface area (Å²) in [5.74, 6) is -2.11. The van der Waals surface area contributed by atoms with Crippen molar-refractivity contribution in [2.45, 2.75) is 0 Å². The fourth-order valence-electron chi connectivity index (χ4n) is 0.969. The van der Waals surface area contributed by atoms with Gasteiger partial charge in [-0.25, -0.2) is 8.78 Å². The first-order valence-electron chi connectivity index (χ1n) is 3.76. The van der Waals surface area contributed by atoms with Crippen molar-refractivity contribution in [3.63, 3.8) is 0 Å². The molecule has 1 N–H and O–H groups in total. The summed E-state index contributed by atoms with van der Waals surface area (Å²) in [4.78, 5) is 0. The smallest absolute Gasteiger partial charge is 0.216 e. The lowest BCUT2D eigenvalue weighted by atomic mass is 10.2. The highest BCUT2D eigenvalue weighted by Gasteiger charge is 2.14. The summed E-state index contributed by atoms with van der Waals surface area (Å²) in [5, 5.41) is 7.17. The summed E-state index contributed by atoms with van der Waals surface area (Å²) < 4.78 is 35.3. The van der Waals surface area contributed by atoms with Gasteiger partial charge in [-0.05, 0) is 6.07 Å². The van der Waals surface area contributed by atoms with Crippen LogP contribution in [0.3, 0.4) is 0 Å². The Morgan fingerprint density at radius 2 is 1.86 bits per heavy atom. The van der Waals surface area contributed by atoms with E-state index in [2.05, 4.69) is 9.47 Å². The van der Waals surface area contributed by atoms with Crippen molar-refractivity contribution < 1.29 is 18.3 Å². The molecule has 0 spiro atoms. The fraction of sp³-hybridized carbons (Fsp3) is 0.222. The number of methoxy groups -OCH3 is 2. The molecule has 14 heavy (non-hydrogen) atoms. The van der Waals surface area contributed by atoms with Crippen LogP contribution < -0.4 is 4.74 Å². The van der Waals surface area contributed by atoms with Gasteiger partial charge in [-0.3, -0.25) is 5.41 Å². The Bertz CT molecular complexity index is 366. The van der Waals surface area contributed by atoms with Gasteiger partial charge in [0.1, 0.15) is 5.82 Å². The Balaban J connectivity index is 3.21. The van der Waals surface area contributed by atoms with E-state index in [1.807, 2.05) is 0 Å². The predicted molar refractivity (Wildman–Crippen MR) is 46.7 cm³/mol. The first kappa shape index (κ1) is 10.4. The lowest BCUT2D eigenvalue weighted by Gasteiger charge is -2.06. The molecule has 0 aliphatic carbocycles. The molecular weight excluding hydrogens is 192 g/mol. The van der Waals surface area contributed by atoms with Crippen molar-refractivity contribution in [3.8, 4) is 5.75 Å². The number of ether oxygens (including phenoxy) is 2. The second kappa shape index (κ2) is 4.04. The average Bonchev–Trinajstić information content (AvgIpc) is 2.19. The molecule has 5 heteroatoms. The third kappa shape index (κ3) is 1.81. The van der Waals surface area contributed by atoms with Crippen LogP contribution in [-0.4, -0.2) is 20.1 Å². The van der Waals surface area contributed by atoms with Crippen LogP contribution >= 0.6 is 0 Å². The molecule has 0 radical (unpaired) electrons. The molecular formula is C9H9F2NO2. The molecule has 1 rings (SSSR count). The predicted octanol–water partition coefficient (Wildman–Crippen LogP) is 1.95. The van der Waals surface area contributed by atoms with Gasteiger partial charge in [0.05, 0.1) is 19.8 Å². The summed E-state index contributed by atoms with van der Waals surface area (Å²) >= 11 is 0. The quantitative estimate of drug-likeness (QED) is 0.587. The fourth-order valence-corrected chi connectivity index (χ4v) is 0.969. The molecule has 0 saturated heterocycles. The largest absolute Gasteiger partial charge is 0.494 e. The average molecular weight is 201 g/mol. The molecule has 3 nitrogen and oxygen atoms in total. The van der Waals surface area contributed by atoms with Crippen molar-refractivity contribution in [2.24, 2.45) is 0 Å². The van der Waals surface area contributed by atoms with Crippen molar-refractivity contribution in [2.75, 3.05) is 14.2 Å². The number of benzene rings is 1. The van der Waals surface area contributed by atoms with E-state index in [4.69, 9.17) is 5.41 Å². The zero-order valence-corrected chi connectivity index (χ0v) is 7.73. The van der Waals surface area contributed by atoms with E-state index in [-0.39, 0.29) is 11.3 Å². The summed E-state index contributed by atoms with van der Waals surface area (Å²) in [5.41, 5.74) is -0.231. The van der Waals surface area contributed by atoms with Crippen LogP contribution in [0.1, 0.15) is 5.56 Å². The lowest BCUT2D eigenvalue weighted by Crippen LogP contribution is -2.06. The van der Waals surface area contributed by atoms with E-state index in [1.54, 1.807) is 0 Å². The second-order valence-corrected chi connectivity index (χ2v) is 2.50. The molecule has 0 aliphatic rings. The molecule has 0 saturated carbocycles. The molecule has 0 heterocycles. The highest BCUT2D eigenvalue weighted by molar-refractivity contribution is 5.91. The minimum absolute atomic E-state index is 0.199. The van der Waals surface area contributed by atoms with Gasteiger partial charge >= 0.3 is 0 Å². The van der Waals surface area contributed by atoms with Crippen molar-refractivity contribution in [1.82, 2.24) is 0 Å². The number of hydrogen-bond donors (Lipinski definition) is 1. The maximum atomic E-state index is 13.2. The Morgan fingerprint density at radius 3 is 2.36 bits per heavy atom. The van der Waals surface area contributed by atoms with E-state index in [0.717, 1.165) is 12.1 Å². The van der Waals surface area contributed by atoms with Crippen LogP contribution in [0, 0.1) is 17.0 Å². The number of halogens is 2. The molecule has 0 unspecified atom stereocenters. The van der Waals surface area contributed by atoms with Crippen LogP contribution in [0.15, 0.2) is 12.1 Å². The number of rotatable bonds is 2. The van der Waals surface area contributed by atoms with Crippen LogP contribution in [0.25, 0.3) is 0 Å². The molecule has 0 fully saturated rings. The van der Waals surface area contributed by atoms with Crippen LogP contribution in [0.4, 0.5) is 8.78 Å². The highest BCUT2D eigenvalue weighted by atomic mass is 19.1. The van der Waals surface area contributed by atoms with Gasteiger partial charge in [-0.1, -0.05) is 0 Å². The van der Waals surface area contributed by atoms with E-state index in [1.165, 1.54) is 14.2 Å². The Kier molecular flexibility index (Phi) is 3.01. The third-order valence-electron chi connectivity index (χ3n) is 1.69. The van der Waals surface area contributed by atoms with Crippen molar-refractivity contribution >= 4 is 5.90 Å². The van der Waals surface area contributed by atoms with Gasteiger partial charge in [0.2, 0.25) is 5.90 Å². The van der Waals surface area contributed by atoms with Gasteiger partial charge in [0.25, 0.3) is 0 Å². The van der Waals surface area contributed by atoms with Crippen LogP contribution in [-0.2, 0) is 4.74 Å². The van der Waals surface area contributed by atoms with Gasteiger partial charge < -0.3 is 9.47 Å². The van der Waals surface area contributed by atoms with Gasteiger partial charge in [-0.2, -0.15) is 0 Å². The Labute approximate surface area is 79.8 Å². The zero-order valence-electron chi connectivity index (χ0n) is 7.73. The summed E-state index contributed by atoms with van der Waals surface area (Å²) in [7, 11) is 2.45. The van der Waals surface area contributed by atoms with Gasteiger partial charge in [0.15, 0.2) is 11.6 Å². The Morgan fingerprint density at radius 1 is 1.21 bits per heavy atom. The van der Waals surface area contributed by atoms with Crippen LogP contribution in [0.5, 0.6) is 5.75 Å². The summed E-state index contributed by atoms with van der Waals surface area (Å²) in [6.45, 7) is 0. The normalized spacial score (nSPS) is 9.71. The lowest BCUT2D eigenvalue weighted by molar-refractivity contribution is 0.379. The van der Waals surface area contributed by atoms with Gasteiger partial charge in [0, 0.05) is 6.07 Å². The summed E-state index contributed by atoms with van der Waals surface area (Å²) in [6.07, 6.45) is 0. The first-order valence-corrected chi connectivity index (χ1v) is 3.76. The van der Waals surface area contributed by atoms with E-state index < -0.39 is 17.5 Å². The zero-order chi connectivity index (χ0) is 10.7. The van der Waals surface area contributed by atoms with Gasteiger partial charge in [-0.15, -0.1) is 0 Å².